The maximum atomic E-state index is 12.5. The quantitative estimate of drug-likeness (QED) is 0.780. The topological polar surface area (TPSA) is 64.4 Å². The van der Waals surface area contributed by atoms with Crippen molar-refractivity contribution in [3.63, 3.8) is 0 Å². The van der Waals surface area contributed by atoms with Crippen LogP contribution >= 0.6 is 24.2 Å². The first-order chi connectivity index (χ1) is 12.2. The summed E-state index contributed by atoms with van der Waals surface area (Å²) in [6.45, 7) is 1.08. The fraction of sp³-hybridized carbons (Fsp3) is 0.350. The van der Waals surface area contributed by atoms with Crippen LogP contribution in [-0.4, -0.2) is 24.7 Å². The van der Waals surface area contributed by atoms with E-state index in [0.29, 0.717) is 26.1 Å². The molecule has 140 valence electrons. The Morgan fingerprint density at radius 3 is 2.42 bits per heavy atom. The minimum Gasteiger partial charge on any atom is -0.381 e. The lowest BCUT2D eigenvalue weighted by Gasteiger charge is -2.31. The molecule has 0 aliphatic carbocycles. The molecule has 1 aliphatic rings. The van der Waals surface area contributed by atoms with E-state index < -0.39 is 5.54 Å². The Kier molecular flexibility index (Phi) is 7.97. The molecular formula is C20H25ClN2O2S. The maximum absolute atomic E-state index is 12.5. The van der Waals surface area contributed by atoms with Gasteiger partial charge in [-0.15, -0.1) is 12.4 Å². The molecule has 3 rings (SSSR count). The van der Waals surface area contributed by atoms with Crippen LogP contribution in [0.2, 0.25) is 0 Å². The molecule has 0 aromatic heterocycles. The van der Waals surface area contributed by atoms with Gasteiger partial charge in [0.2, 0.25) is 5.91 Å². The molecule has 2 aromatic rings. The molecule has 0 radical (unpaired) electrons. The third-order valence-electron chi connectivity index (χ3n) is 4.40. The Bertz CT molecular complexity index is 706. The van der Waals surface area contributed by atoms with Crippen molar-refractivity contribution >= 4 is 35.8 Å². The van der Waals surface area contributed by atoms with Crippen LogP contribution in [0.5, 0.6) is 0 Å². The summed E-state index contributed by atoms with van der Waals surface area (Å²) in [6, 6.07) is 18.4. The van der Waals surface area contributed by atoms with Crippen LogP contribution in [0, 0.1) is 0 Å². The van der Waals surface area contributed by atoms with Crippen LogP contribution in [0.1, 0.15) is 24.0 Å². The van der Waals surface area contributed by atoms with E-state index in [1.165, 1.54) is 11.1 Å². The number of carbonyl (C=O) groups is 1. The molecule has 4 nitrogen and oxygen atoms in total. The number of benzene rings is 2. The molecule has 1 amide bonds. The molecule has 1 aliphatic heterocycles. The summed E-state index contributed by atoms with van der Waals surface area (Å²) in [4.78, 5) is 12.5. The molecule has 26 heavy (non-hydrogen) atoms. The maximum Gasteiger partial charge on any atom is 0.244 e. The fourth-order valence-corrected chi connectivity index (χ4v) is 3.76. The minimum absolute atomic E-state index is 0. The van der Waals surface area contributed by atoms with Gasteiger partial charge in [0, 0.05) is 30.4 Å². The molecule has 1 heterocycles. The zero-order valence-corrected chi connectivity index (χ0v) is 16.3. The predicted molar refractivity (Wildman–Crippen MR) is 111 cm³/mol. The molecule has 1 fully saturated rings. The van der Waals surface area contributed by atoms with Crippen molar-refractivity contribution in [2.75, 3.05) is 18.5 Å². The fourth-order valence-electron chi connectivity index (χ4n) is 2.82. The van der Waals surface area contributed by atoms with Crippen LogP contribution in [0.25, 0.3) is 0 Å². The highest BCUT2D eigenvalue weighted by Gasteiger charge is 2.35. The number of carbonyl (C=O) groups excluding carboxylic acids is 1. The van der Waals surface area contributed by atoms with Crippen molar-refractivity contribution in [1.29, 1.82) is 0 Å². The van der Waals surface area contributed by atoms with Gasteiger partial charge in [-0.2, -0.15) is 11.8 Å². The number of anilines is 1. The Hall–Kier alpha value is -1.53. The average molecular weight is 393 g/mol. The molecule has 2 aromatic carbocycles. The lowest BCUT2D eigenvalue weighted by Crippen LogP contribution is -2.54. The second-order valence-corrected chi connectivity index (χ2v) is 7.39. The molecule has 0 bridgehead atoms. The third-order valence-corrected chi connectivity index (χ3v) is 5.48. The van der Waals surface area contributed by atoms with Crippen LogP contribution < -0.4 is 11.1 Å². The highest BCUT2D eigenvalue weighted by molar-refractivity contribution is 7.97. The van der Waals surface area contributed by atoms with Gasteiger partial charge < -0.3 is 15.8 Å². The Morgan fingerprint density at radius 1 is 1.04 bits per heavy atom. The van der Waals surface area contributed by atoms with E-state index in [0.717, 1.165) is 17.2 Å². The largest absolute Gasteiger partial charge is 0.381 e. The SMILES string of the molecule is Cl.NC1(C(=O)Nc2cccc(CSCc3ccccc3)c2)CCOCC1. The van der Waals surface area contributed by atoms with Crippen molar-refractivity contribution < 1.29 is 9.53 Å². The number of ether oxygens (including phenoxy) is 1. The zero-order chi connectivity index (χ0) is 17.5. The summed E-state index contributed by atoms with van der Waals surface area (Å²) < 4.78 is 5.30. The minimum atomic E-state index is -0.823. The summed E-state index contributed by atoms with van der Waals surface area (Å²) in [7, 11) is 0. The Labute approximate surface area is 165 Å². The number of amides is 1. The monoisotopic (exact) mass is 392 g/mol. The Morgan fingerprint density at radius 2 is 1.69 bits per heavy atom. The smallest absolute Gasteiger partial charge is 0.244 e. The lowest BCUT2D eigenvalue weighted by molar-refractivity contribution is -0.124. The van der Waals surface area contributed by atoms with Gasteiger partial charge >= 0.3 is 0 Å². The predicted octanol–water partition coefficient (Wildman–Crippen LogP) is 3.99. The van der Waals surface area contributed by atoms with E-state index in [-0.39, 0.29) is 18.3 Å². The van der Waals surface area contributed by atoms with Crippen molar-refractivity contribution in [3.05, 3.63) is 65.7 Å². The first-order valence-corrected chi connectivity index (χ1v) is 9.70. The number of hydrogen-bond donors (Lipinski definition) is 2. The number of hydrogen-bond acceptors (Lipinski definition) is 4. The van der Waals surface area contributed by atoms with Crippen LogP contribution in [-0.2, 0) is 21.0 Å². The highest BCUT2D eigenvalue weighted by Crippen LogP contribution is 2.23. The van der Waals surface area contributed by atoms with Crippen molar-refractivity contribution in [2.24, 2.45) is 5.73 Å². The van der Waals surface area contributed by atoms with E-state index >= 15 is 0 Å². The zero-order valence-electron chi connectivity index (χ0n) is 14.6. The van der Waals surface area contributed by atoms with Crippen LogP contribution in [0.4, 0.5) is 5.69 Å². The Balaban J connectivity index is 0.00000243. The second kappa shape index (κ2) is 9.97. The molecule has 0 saturated carbocycles. The molecule has 0 spiro atoms. The highest BCUT2D eigenvalue weighted by atomic mass is 35.5. The number of halogens is 1. The van der Waals surface area contributed by atoms with Gasteiger partial charge in [0.05, 0.1) is 0 Å². The van der Waals surface area contributed by atoms with Gasteiger partial charge in [0.15, 0.2) is 0 Å². The summed E-state index contributed by atoms with van der Waals surface area (Å²) in [5.74, 6) is 1.76. The van der Waals surface area contributed by atoms with Gasteiger partial charge in [0.25, 0.3) is 0 Å². The summed E-state index contributed by atoms with van der Waals surface area (Å²) in [5, 5.41) is 2.97. The van der Waals surface area contributed by atoms with E-state index in [1.54, 1.807) is 0 Å². The van der Waals surface area contributed by atoms with E-state index in [2.05, 4.69) is 35.6 Å². The number of rotatable bonds is 6. The second-order valence-electron chi connectivity index (χ2n) is 6.40. The van der Waals surface area contributed by atoms with Gasteiger partial charge in [-0.05, 0) is 36.1 Å². The van der Waals surface area contributed by atoms with E-state index in [4.69, 9.17) is 10.5 Å². The first-order valence-electron chi connectivity index (χ1n) is 8.54. The summed E-state index contributed by atoms with van der Waals surface area (Å²) in [6.07, 6.45) is 1.12. The van der Waals surface area contributed by atoms with Gasteiger partial charge in [-0.25, -0.2) is 0 Å². The molecule has 0 unspecified atom stereocenters. The molecule has 1 saturated heterocycles. The van der Waals surface area contributed by atoms with Crippen molar-refractivity contribution in [2.45, 2.75) is 29.9 Å². The molecule has 0 atom stereocenters. The van der Waals surface area contributed by atoms with Crippen molar-refractivity contribution in [1.82, 2.24) is 0 Å². The first kappa shape index (κ1) is 20.8. The van der Waals surface area contributed by atoms with Crippen molar-refractivity contribution in [3.8, 4) is 0 Å². The number of thioether (sulfide) groups is 1. The van der Waals surface area contributed by atoms with Gasteiger partial charge in [-0.3, -0.25) is 4.79 Å². The van der Waals surface area contributed by atoms with Gasteiger partial charge in [0.1, 0.15) is 5.54 Å². The standard InChI is InChI=1S/C20H24N2O2S.ClH/c21-20(9-11-24-12-10-20)19(23)22-18-8-4-7-17(13-18)15-25-14-16-5-2-1-3-6-16;/h1-8,13H,9-12,14-15,21H2,(H,22,23);1H. The molecular weight excluding hydrogens is 368 g/mol. The van der Waals surface area contributed by atoms with Crippen LogP contribution in [0.3, 0.4) is 0 Å². The normalized spacial score (nSPS) is 15.7. The summed E-state index contributed by atoms with van der Waals surface area (Å²) >= 11 is 1.86. The molecule has 3 N–H and O–H groups in total. The average Bonchev–Trinajstić information content (AvgIpc) is 2.64. The van der Waals surface area contributed by atoms with Crippen LogP contribution in [0.15, 0.2) is 54.6 Å². The number of nitrogens with two attached hydrogens (primary N) is 1. The number of nitrogens with one attached hydrogen (secondary N) is 1. The third kappa shape index (κ3) is 5.74. The summed E-state index contributed by atoms with van der Waals surface area (Å²) in [5.41, 5.74) is 8.73. The van der Waals surface area contributed by atoms with Gasteiger partial charge in [-0.1, -0.05) is 42.5 Å². The van der Waals surface area contributed by atoms with E-state index in [9.17, 15) is 4.79 Å². The lowest BCUT2D eigenvalue weighted by atomic mass is 9.90. The molecule has 6 heteroatoms. The van der Waals surface area contributed by atoms with E-state index in [1.807, 2.05) is 36.0 Å².